The molecule has 1 aromatic carbocycles. The van der Waals surface area contributed by atoms with Crippen LogP contribution in [-0.4, -0.2) is 25.8 Å². The fraction of sp³-hybridized carbons (Fsp3) is 0.417. The minimum atomic E-state index is -4.47. The summed E-state index contributed by atoms with van der Waals surface area (Å²) in [5.74, 6) is -0.861. The van der Waals surface area contributed by atoms with E-state index in [0.29, 0.717) is 0 Å². The van der Waals surface area contributed by atoms with Gasteiger partial charge in [0.05, 0.1) is 23.7 Å². The maximum atomic E-state index is 12.4. The van der Waals surface area contributed by atoms with Gasteiger partial charge < -0.3 is 4.74 Å². The van der Waals surface area contributed by atoms with Crippen LogP contribution in [-0.2, 0) is 15.1 Å². The van der Waals surface area contributed by atoms with Gasteiger partial charge in [0, 0.05) is 0 Å². The SMILES string of the molecule is COC(=O)C(C)(NCC(F)(F)F)c1ccc(Cl)c(Cl)c1. The highest BCUT2D eigenvalue weighted by Gasteiger charge is 2.40. The Bertz CT molecular complexity index is 508. The average Bonchev–Trinajstić information content (AvgIpc) is 2.37. The van der Waals surface area contributed by atoms with Gasteiger partial charge in [0.1, 0.15) is 5.54 Å². The van der Waals surface area contributed by atoms with E-state index in [-0.39, 0.29) is 15.6 Å². The number of hydrogen-bond acceptors (Lipinski definition) is 3. The third-order valence-corrected chi connectivity index (χ3v) is 3.47. The summed E-state index contributed by atoms with van der Waals surface area (Å²) in [5.41, 5.74) is -1.46. The van der Waals surface area contributed by atoms with Crippen molar-refractivity contribution in [1.29, 1.82) is 0 Å². The summed E-state index contributed by atoms with van der Waals surface area (Å²) in [4.78, 5) is 11.8. The van der Waals surface area contributed by atoms with E-state index >= 15 is 0 Å². The zero-order valence-corrected chi connectivity index (χ0v) is 12.2. The summed E-state index contributed by atoms with van der Waals surface area (Å²) in [6.45, 7) is -0.0665. The van der Waals surface area contributed by atoms with Crippen molar-refractivity contribution in [1.82, 2.24) is 5.32 Å². The lowest BCUT2D eigenvalue weighted by atomic mass is 9.92. The van der Waals surface area contributed by atoms with Crippen LogP contribution in [0.5, 0.6) is 0 Å². The van der Waals surface area contributed by atoms with Crippen molar-refractivity contribution in [2.45, 2.75) is 18.6 Å². The molecule has 0 saturated carbocycles. The van der Waals surface area contributed by atoms with Crippen LogP contribution in [0.1, 0.15) is 12.5 Å². The van der Waals surface area contributed by atoms with E-state index in [2.05, 4.69) is 10.1 Å². The molecule has 0 aromatic heterocycles. The topological polar surface area (TPSA) is 38.3 Å². The molecule has 0 aliphatic rings. The van der Waals surface area contributed by atoms with Gasteiger partial charge in [-0.2, -0.15) is 13.2 Å². The van der Waals surface area contributed by atoms with Crippen molar-refractivity contribution in [2.75, 3.05) is 13.7 Å². The Balaban J connectivity index is 3.16. The number of esters is 1. The van der Waals surface area contributed by atoms with Gasteiger partial charge in [0.15, 0.2) is 0 Å². The zero-order chi connectivity index (χ0) is 15.6. The average molecular weight is 330 g/mol. The number of alkyl halides is 3. The van der Waals surface area contributed by atoms with E-state index in [9.17, 15) is 18.0 Å². The predicted molar refractivity (Wildman–Crippen MR) is 69.9 cm³/mol. The van der Waals surface area contributed by atoms with Crippen molar-refractivity contribution >= 4 is 29.2 Å². The maximum absolute atomic E-state index is 12.4. The van der Waals surface area contributed by atoms with E-state index < -0.39 is 24.2 Å². The molecule has 3 nitrogen and oxygen atoms in total. The number of hydrogen-bond donors (Lipinski definition) is 1. The normalized spacial score (nSPS) is 14.8. The van der Waals surface area contributed by atoms with E-state index in [1.165, 1.54) is 25.1 Å². The molecule has 0 amide bonds. The number of carbonyl (C=O) groups excluding carboxylic acids is 1. The first-order valence-electron chi connectivity index (χ1n) is 5.46. The fourth-order valence-electron chi connectivity index (χ4n) is 1.58. The van der Waals surface area contributed by atoms with Crippen LogP contribution < -0.4 is 5.32 Å². The standard InChI is InChI=1S/C12H12Cl2F3NO2/c1-11(10(19)20-2,18-6-12(15,16)17)7-3-4-8(13)9(14)5-7/h3-5,18H,6H2,1-2H3. The summed E-state index contributed by atoms with van der Waals surface area (Å²) in [6.07, 6.45) is -4.47. The van der Waals surface area contributed by atoms with Gasteiger partial charge in [0.25, 0.3) is 0 Å². The molecule has 1 rings (SSSR count). The number of methoxy groups -OCH3 is 1. The molecule has 1 atom stereocenters. The first-order chi connectivity index (χ1) is 9.10. The Hall–Kier alpha value is -0.980. The molecule has 8 heteroatoms. The Morgan fingerprint density at radius 1 is 1.30 bits per heavy atom. The number of halogens is 5. The summed E-state index contributed by atoms with van der Waals surface area (Å²) in [6, 6.07) is 4.13. The molecular formula is C12H12Cl2F3NO2. The summed E-state index contributed by atoms with van der Waals surface area (Å²) in [5, 5.41) is 2.52. The molecular weight excluding hydrogens is 318 g/mol. The minimum absolute atomic E-state index is 0.133. The number of ether oxygens (including phenoxy) is 1. The largest absolute Gasteiger partial charge is 0.467 e. The predicted octanol–water partition coefficient (Wildman–Crippen LogP) is 3.53. The Labute approximate surface area is 124 Å². The monoisotopic (exact) mass is 329 g/mol. The second kappa shape index (κ2) is 6.20. The van der Waals surface area contributed by atoms with Gasteiger partial charge >= 0.3 is 12.1 Å². The van der Waals surface area contributed by atoms with Crippen LogP contribution in [0.3, 0.4) is 0 Å². The highest BCUT2D eigenvalue weighted by atomic mass is 35.5. The first-order valence-corrected chi connectivity index (χ1v) is 6.21. The molecule has 0 fully saturated rings. The zero-order valence-electron chi connectivity index (χ0n) is 10.6. The van der Waals surface area contributed by atoms with Gasteiger partial charge in [-0.25, -0.2) is 4.79 Å². The van der Waals surface area contributed by atoms with Gasteiger partial charge in [-0.15, -0.1) is 0 Å². The van der Waals surface area contributed by atoms with Crippen LogP contribution in [0, 0.1) is 0 Å². The maximum Gasteiger partial charge on any atom is 0.401 e. The van der Waals surface area contributed by atoms with Crippen molar-refractivity contribution < 1.29 is 22.7 Å². The molecule has 1 aromatic rings. The van der Waals surface area contributed by atoms with Gasteiger partial charge in [-0.1, -0.05) is 29.3 Å². The molecule has 1 N–H and O–H groups in total. The number of benzene rings is 1. The van der Waals surface area contributed by atoms with Crippen molar-refractivity contribution in [3.8, 4) is 0 Å². The van der Waals surface area contributed by atoms with E-state index in [0.717, 1.165) is 7.11 Å². The lowest BCUT2D eigenvalue weighted by Crippen LogP contribution is -2.50. The Kier molecular flexibility index (Phi) is 5.29. The molecule has 20 heavy (non-hydrogen) atoms. The molecule has 0 aliphatic carbocycles. The highest BCUT2D eigenvalue weighted by molar-refractivity contribution is 6.42. The quantitative estimate of drug-likeness (QED) is 0.859. The van der Waals surface area contributed by atoms with Crippen LogP contribution in [0.15, 0.2) is 18.2 Å². The molecule has 0 bridgehead atoms. The highest BCUT2D eigenvalue weighted by Crippen LogP contribution is 2.30. The Morgan fingerprint density at radius 2 is 1.90 bits per heavy atom. The first kappa shape index (κ1) is 17.1. The van der Waals surface area contributed by atoms with Crippen LogP contribution in [0.4, 0.5) is 13.2 Å². The van der Waals surface area contributed by atoms with E-state index in [4.69, 9.17) is 23.2 Å². The van der Waals surface area contributed by atoms with E-state index in [1.807, 2.05) is 0 Å². The molecule has 1 unspecified atom stereocenters. The smallest absolute Gasteiger partial charge is 0.401 e. The minimum Gasteiger partial charge on any atom is -0.467 e. The van der Waals surface area contributed by atoms with Gasteiger partial charge in [-0.05, 0) is 24.6 Å². The molecule has 112 valence electrons. The van der Waals surface area contributed by atoms with Gasteiger partial charge in [-0.3, -0.25) is 5.32 Å². The van der Waals surface area contributed by atoms with Crippen molar-refractivity contribution in [3.05, 3.63) is 33.8 Å². The molecule has 0 spiro atoms. The Morgan fingerprint density at radius 3 is 2.35 bits per heavy atom. The molecule has 0 heterocycles. The van der Waals surface area contributed by atoms with Crippen molar-refractivity contribution in [2.24, 2.45) is 0 Å². The van der Waals surface area contributed by atoms with Gasteiger partial charge in [0.2, 0.25) is 0 Å². The third kappa shape index (κ3) is 4.01. The fourth-order valence-corrected chi connectivity index (χ4v) is 1.88. The van der Waals surface area contributed by atoms with Crippen molar-refractivity contribution in [3.63, 3.8) is 0 Å². The molecule has 0 aliphatic heterocycles. The molecule has 0 saturated heterocycles. The molecule has 0 radical (unpaired) electrons. The lowest BCUT2D eigenvalue weighted by Gasteiger charge is -2.29. The van der Waals surface area contributed by atoms with Crippen LogP contribution >= 0.6 is 23.2 Å². The number of carbonyl (C=O) groups is 1. The summed E-state index contributed by atoms with van der Waals surface area (Å²) in [7, 11) is 1.09. The van der Waals surface area contributed by atoms with Crippen LogP contribution in [0.25, 0.3) is 0 Å². The third-order valence-electron chi connectivity index (χ3n) is 2.73. The number of nitrogens with one attached hydrogen (secondary N) is 1. The lowest BCUT2D eigenvalue weighted by molar-refractivity contribution is -0.153. The summed E-state index contributed by atoms with van der Waals surface area (Å²) < 4.78 is 41.6. The van der Waals surface area contributed by atoms with E-state index in [1.54, 1.807) is 0 Å². The summed E-state index contributed by atoms with van der Waals surface area (Å²) >= 11 is 11.6. The second-order valence-corrected chi connectivity index (χ2v) is 5.03. The van der Waals surface area contributed by atoms with Crippen LogP contribution in [0.2, 0.25) is 10.0 Å². The second-order valence-electron chi connectivity index (χ2n) is 4.21. The number of rotatable bonds is 4.